The Morgan fingerprint density at radius 1 is 0.879 bits per heavy atom. The summed E-state index contributed by atoms with van der Waals surface area (Å²) in [6, 6.07) is 24.3. The van der Waals surface area contributed by atoms with E-state index in [0.717, 1.165) is 11.1 Å². The van der Waals surface area contributed by atoms with Gasteiger partial charge < -0.3 is 0 Å². The average Bonchev–Trinajstić information content (AvgIpc) is 3.07. The third-order valence-electron chi connectivity index (χ3n) is 6.89. The second-order valence-electron chi connectivity index (χ2n) is 8.64. The summed E-state index contributed by atoms with van der Waals surface area (Å²) in [5.41, 5.74) is 1.96. The van der Waals surface area contributed by atoms with Crippen LogP contribution in [0.25, 0.3) is 0 Å². The zero-order chi connectivity index (χ0) is 23.2. The van der Waals surface area contributed by atoms with Crippen molar-refractivity contribution < 1.29 is 9.59 Å². The molecule has 1 amide bonds. The maximum Gasteiger partial charge on any atom is 0.260 e. The predicted molar refractivity (Wildman–Crippen MR) is 132 cm³/mol. The smallest absolute Gasteiger partial charge is 0.260 e. The van der Waals surface area contributed by atoms with Crippen molar-refractivity contribution in [1.29, 1.82) is 0 Å². The molecule has 3 aromatic carbocycles. The molecule has 1 saturated carbocycles. The summed E-state index contributed by atoms with van der Waals surface area (Å²) in [5.74, 6) is -0.909. The second kappa shape index (κ2) is 8.44. The van der Waals surface area contributed by atoms with Crippen molar-refractivity contribution in [3.05, 3.63) is 100 Å². The Morgan fingerprint density at radius 3 is 2.30 bits per heavy atom. The Morgan fingerprint density at radius 2 is 1.58 bits per heavy atom. The summed E-state index contributed by atoms with van der Waals surface area (Å²) in [5, 5.41) is 7.34. The van der Waals surface area contributed by atoms with Gasteiger partial charge in [-0.25, -0.2) is 0 Å². The third kappa shape index (κ3) is 3.49. The number of Topliss-reactive ketones (excluding diaryl/α,β-unsaturated/α-hetero) is 1. The molecule has 1 spiro atoms. The molecule has 1 aliphatic heterocycles. The van der Waals surface area contributed by atoms with Crippen LogP contribution in [-0.2, 0) is 9.59 Å². The summed E-state index contributed by atoms with van der Waals surface area (Å²) < 4.78 is 0. The molecule has 5 rings (SSSR count). The first-order valence-electron chi connectivity index (χ1n) is 10.9. The van der Waals surface area contributed by atoms with Crippen LogP contribution in [0, 0.1) is 5.41 Å². The van der Waals surface area contributed by atoms with Gasteiger partial charge in [0.1, 0.15) is 11.2 Å². The summed E-state index contributed by atoms with van der Waals surface area (Å²) in [4.78, 5) is 27.5. The minimum absolute atomic E-state index is 0.0919. The van der Waals surface area contributed by atoms with Gasteiger partial charge in [0.25, 0.3) is 5.91 Å². The molecule has 166 valence electrons. The first-order valence-corrected chi connectivity index (χ1v) is 11.7. The fourth-order valence-electron chi connectivity index (χ4n) is 5.48. The van der Waals surface area contributed by atoms with Crippen molar-refractivity contribution >= 4 is 46.3 Å². The number of hydrogen-bond donors (Lipinski definition) is 0. The molecule has 0 N–H and O–H groups in total. The number of carbonyl (C=O) groups excluding carboxylic acids is 2. The van der Waals surface area contributed by atoms with E-state index in [2.05, 4.69) is 0 Å². The van der Waals surface area contributed by atoms with Gasteiger partial charge in [-0.2, -0.15) is 10.1 Å². The van der Waals surface area contributed by atoms with E-state index >= 15 is 0 Å². The SMILES string of the molecule is CC1=NN(c2ccccc2)C(=O)[C@]12[C@H](c1cccc(Cl)c1)CC(=O)C[C@H]2c1ccccc1Cl. The summed E-state index contributed by atoms with van der Waals surface area (Å²) in [6.45, 7) is 1.89. The van der Waals surface area contributed by atoms with Crippen molar-refractivity contribution in [1.82, 2.24) is 0 Å². The molecule has 33 heavy (non-hydrogen) atoms. The van der Waals surface area contributed by atoms with E-state index in [1.807, 2.05) is 73.7 Å². The highest BCUT2D eigenvalue weighted by molar-refractivity contribution is 6.32. The number of amides is 1. The number of anilines is 1. The number of benzene rings is 3. The quantitative estimate of drug-likeness (QED) is 0.425. The standard InChI is InChI=1S/C27H22Cl2N2O2/c1-17-27(26(33)31(30-17)20-10-3-2-4-11-20)23(18-8-7-9-19(28)14-18)15-21(32)16-24(27)22-12-5-6-13-25(22)29/h2-14,23-24H,15-16H2,1H3/t23-,24-,27-/m0/s1. The molecule has 4 nitrogen and oxygen atoms in total. The Balaban J connectivity index is 1.75. The van der Waals surface area contributed by atoms with Gasteiger partial charge in [0, 0.05) is 34.7 Å². The summed E-state index contributed by atoms with van der Waals surface area (Å²) >= 11 is 13.0. The van der Waals surface area contributed by atoms with Gasteiger partial charge in [-0.1, -0.05) is 71.7 Å². The lowest BCUT2D eigenvalue weighted by Gasteiger charge is -2.46. The fraction of sp³-hybridized carbons (Fsp3) is 0.222. The van der Waals surface area contributed by atoms with Gasteiger partial charge >= 0.3 is 0 Å². The number of hydrogen-bond acceptors (Lipinski definition) is 3. The highest BCUT2D eigenvalue weighted by Crippen LogP contribution is 2.59. The molecular formula is C27H22Cl2N2O2. The molecule has 1 aliphatic carbocycles. The highest BCUT2D eigenvalue weighted by atomic mass is 35.5. The zero-order valence-electron chi connectivity index (χ0n) is 18.0. The summed E-state index contributed by atoms with van der Waals surface area (Å²) in [7, 11) is 0. The molecular weight excluding hydrogens is 455 g/mol. The fourth-order valence-corrected chi connectivity index (χ4v) is 5.94. The number of para-hydroxylation sites is 1. The van der Waals surface area contributed by atoms with Gasteiger partial charge in [-0.05, 0) is 48.4 Å². The Hall–Kier alpha value is -2.95. The van der Waals surface area contributed by atoms with E-state index in [-0.39, 0.29) is 24.5 Å². The Bertz CT molecular complexity index is 1270. The first kappa shape index (κ1) is 21.9. The number of halogens is 2. The minimum atomic E-state index is -1.06. The Kier molecular flexibility index (Phi) is 5.59. The molecule has 3 atom stereocenters. The van der Waals surface area contributed by atoms with Gasteiger partial charge in [0.05, 0.1) is 11.4 Å². The van der Waals surface area contributed by atoms with Crippen LogP contribution in [0.1, 0.15) is 42.7 Å². The molecule has 2 aliphatic rings. The van der Waals surface area contributed by atoms with Crippen molar-refractivity contribution in [2.75, 3.05) is 5.01 Å². The normalized spacial score (nSPS) is 24.9. The molecule has 0 bridgehead atoms. The van der Waals surface area contributed by atoms with Gasteiger partial charge in [0.2, 0.25) is 0 Å². The van der Waals surface area contributed by atoms with E-state index in [0.29, 0.717) is 21.4 Å². The topological polar surface area (TPSA) is 49.7 Å². The van der Waals surface area contributed by atoms with E-state index < -0.39 is 17.3 Å². The van der Waals surface area contributed by atoms with Crippen molar-refractivity contribution in [3.63, 3.8) is 0 Å². The van der Waals surface area contributed by atoms with Gasteiger partial charge in [-0.3, -0.25) is 9.59 Å². The number of nitrogens with zero attached hydrogens (tertiary/aromatic N) is 2. The number of hydrazone groups is 1. The van der Waals surface area contributed by atoms with Crippen LogP contribution in [0.4, 0.5) is 5.69 Å². The molecule has 3 aromatic rings. The number of carbonyl (C=O) groups is 2. The largest absolute Gasteiger partial charge is 0.300 e. The number of rotatable bonds is 3. The maximum absolute atomic E-state index is 14.4. The van der Waals surface area contributed by atoms with Crippen molar-refractivity contribution in [2.24, 2.45) is 10.5 Å². The zero-order valence-corrected chi connectivity index (χ0v) is 19.6. The van der Waals surface area contributed by atoms with Crippen molar-refractivity contribution in [3.8, 4) is 0 Å². The third-order valence-corrected chi connectivity index (χ3v) is 7.47. The Labute approximate surface area is 202 Å². The molecule has 1 fully saturated rings. The van der Waals surface area contributed by atoms with Crippen LogP contribution in [0.3, 0.4) is 0 Å². The van der Waals surface area contributed by atoms with Crippen LogP contribution in [0.5, 0.6) is 0 Å². The van der Waals surface area contributed by atoms with E-state index in [9.17, 15) is 9.59 Å². The molecule has 0 aromatic heterocycles. The average molecular weight is 477 g/mol. The molecule has 0 unspecified atom stereocenters. The lowest BCUT2D eigenvalue weighted by molar-refractivity contribution is -0.131. The minimum Gasteiger partial charge on any atom is -0.300 e. The second-order valence-corrected chi connectivity index (χ2v) is 9.48. The van der Waals surface area contributed by atoms with E-state index in [1.165, 1.54) is 5.01 Å². The van der Waals surface area contributed by atoms with Crippen LogP contribution >= 0.6 is 23.2 Å². The lowest BCUT2D eigenvalue weighted by atomic mass is 9.54. The van der Waals surface area contributed by atoms with Gasteiger partial charge in [-0.15, -0.1) is 0 Å². The van der Waals surface area contributed by atoms with Crippen LogP contribution in [0.15, 0.2) is 84.0 Å². The monoisotopic (exact) mass is 476 g/mol. The van der Waals surface area contributed by atoms with Crippen LogP contribution < -0.4 is 5.01 Å². The lowest BCUT2D eigenvalue weighted by Crippen LogP contribution is -2.52. The summed E-state index contributed by atoms with van der Waals surface area (Å²) in [6.07, 6.45) is 0.463. The molecule has 1 heterocycles. The number of ketones is 1. The van der Waals surface area contributed by atoms with Crippen LogP contribution in [0.2, 0.25) is 10.0 Å². The van der Waals surface area contributed by atoms with Crippen LogP contribution in [-0.4, -0.2) is 17.4 Å². The van der Waals surface area contributed by atoms with E-state index in [1.54, 1.807) is 12.1 Å². The molecule has 0 saturated heterocycles. The molecule has 6 heteroatoms. The maximum atomic E-state index is 14.4. The van der Waals surface area contributed by atoms with Gasteiger partial charge in [0.15, 0.2) is 0 Å². The first-order chi connectivity index (χ1) is 15.9. The van der Waals surface area contributed by atoms with Crippen molar-refractivity contribution in [2.45, 2.75) is 31.6 Å². The molecule has 0 radical (unpaired) electrons. The van der Waals surface area contributed by atoms with E-state index in [4.69, 9.17) is 28.3 Å². The predicted octanol–water partition coefficient (Wildman–Crippen LogP) is 6.63. The highest BCUT2D eigenvalue weighted by Gasteiger charge is 2.62.